The average molecular weight is 243 g/mol. The Morgan fingerprint density at radius 2 is 2.14 bits per heavy atom. The smallest absolute Gasteiger partial charge is 0.192 e. The zero-order valence-corrected chi connectivity index (χ0v) is 9.84. The van der Waals surface area contributed by atoms with Gasteiger partial charge in [0.2, 0.25) is 0 Å². The van der Waals surface area contributed by atoms with Crippen molar-refractivity contribution in [3.8, 4) is 0 Å². The van der Waals surface area contributed by atoms with E-state index >= 15 is 0 Å². The highest BCUT2D eigenvalue weighted by Gasteiger charge is 2.06. The van der Waals surface area contributed by atoms with Crippen LogP contribution in [0.5, 0.6) is 0 Å². The number of halogens is 1. The summed E-state index contributed by atoms with van der Waals surface area (Å²) in [6.45, 7) is 1.79. The van der Waals surface area contributed by atoms with Gasteiger partial charge in [-0.05, 0) is 25.1 Å². The first kappa shape index (κ1) is 10.0. The third-order valence-electron chi connectivity index (χ3n) is 2.06. The van der Waals surface area contributed by atoms with E-state index in [-0.39, 0.29) is 5.43 Å². The van der Waals surface area contributed by atoms with Crippen LogP contribution < -0.4 is 5.43 Å². The fraction of sp³-hybridized carbons (Fsp3) is 0.100. The third kappa shape index (κ3) is 1.56. The Bertz CT molecular complexity index is 560. The van der Waals surface area contributed by atoms with Crippen molar-refractivity contribution in [2.75, 3.05) is 0 Å². The van der Waals surface area contributed by atoms with E-state index in [9.17, 15) is 4.79 Å². The molecular weight excluding hydrogens is 236 g/mol. The SMILES string of the molecule is Cc1c(S)sc2cc(Cl)ccc2c1=O. The van der Waals surface area contributed by atoms with Crippen LogP contribution in [0.4, 0.5) is 0 Å². The Kier molecular flexibility index (Phi) is 2.56. The summed E-state index contributed by atoms with van der Waals surface area (Å²) < 4.78 is 1.64. The number of hydrogen-bond donors (Lipinski definition) is 1. The number of fused-ring (bicyclic) bond motifs is 1. The fourth-order valence-corrected chi connectivity index (χ4v) is 2.79. The molecule has 0 aliphatic rings. The second-order valence-corrected chi connectivity index (χ2v) is 5.24. The van der Waals surface area contributed by atoms with Gasteiger partial charge in [0.15, 0.2) is 5.43 Å². The summed E-state index contributed by atoms with van der Waals surface area (Å²) in [4.78, 5) is 11.8. The molecule has 14 heavy (non-hydrogen) atoms. The van der Waals surface area contributed by atoms with Crippen LogP contribution >= 0.6 is 35.6 Å². The van der Waals surface area contributed by atoms with Crippen molar-refractivity contribution in [1.82, 2.24) is 0 Å². The lowest BCUT2D eigenvalue weighted by molar-refractivity contribution is 1.37. The average Bonchev–Trinajstić information content (AvgIpc) is 2.14. The summed E-state index contributed by atoms with van der Waals surface area (Å²) in [6.07, 6.45) is 0. The molecule has 4 heteroatoms. The fourth-order valence-electron chi connectivity index (χ4n) is 1.25. The van der Waals surface area contributed by atoms with Crippen molar-refractivity contribution in [3.05, 3.63) is 39.0 Å². The molecule has 0 aliphatic carbocycles. The molecule has 0 saturated heterocycles. The second kappa shape index (κ2) is 3.57. The van der Waals surface area contributed by atoms with E-state index in [2.05, 4.69) is 12.6 Å². The summed E-state index contributed by atoms with van der Waals surface area (Å²) in [5.41, 5.74) is 0.744. The Hall–Kier alpha value is -0.510. The highest BCUT2D eigenvalue weighted by atomic mass is 35.5. The van der Waals surface area contributed by atoms with Gasteiger partial charge in [-0.1, -0.05) is 11.6 Å². The molecule has 1 heterocycles. The molecule has 0 bridgehead atoms. The van der Waals surface area contributed by atoms with E-state index in [0.717, 1.165) is 14.3 Å². The number of benzene rings is 1. The molecule has 2 rings (SSSR count). The van der Waals surface area contributed by atoms with Gasteiger partial charge in [-0.2, -0.15) is 0 Å². The largest absolute Gasteiger partial charge is 0.289 e. The molecular formula is C10H7ClOS2. The third-order valence-corrected chi connectivity index (χ3v) is 3.96. The molecule has 1 nitrogen and oxygen atoms in total. The monoisotopic (exact) mass is 242 g/mol. The molecule has 0 unspecified atom stereocenters. The number of thiol groups is 1. The van der Waals surface area contributed by atoms with Crippen molar-refractivity contribution in [2.24, 2.45) is 0 Å². The standard InChI is InChI=1S/C10H7ClOS2/c1-5-9(12)7-3-2-6(11)4-8(7)14-10(5)13/h2-4,13H,1H3. The molecule has 0 spiro atoms. The van der Waals surface area contributed by atoms with Crippen LogP contribution in [0.2, 0.25) is 5.02 Å². The minimum atomic E-state index is 0.0421. The quantitative estimate of drug-likeness (QED) is 0.700. The summed E-state index contributed by atoms with van der Waals surface area (Å²) in [5.74, 6) is 0. The van der Waals surface area contributed by atoms with Gasteiger partial charge in [-0.3, -0.25) is 4.79 Å². The van der Waals surface area contributed by atoms with E-state index in [4.69, 9.17) is 11.6 Å². The van der Waals surface area contributed by atoms with Crippen molar-refractivity contribution >= 4 is 45.7 Å². The van der Waals surface area contributed by atoms with Gasteiger partial charge in [0.1, 0.15) is 0 Å². The van der Waals surface area contributed by atoms with Crippen LogP contribution in [0.25, 0.3) is 10.1 Å². The van der Waals surface area contributed by atoms with E-state index < -0.39 is 0 Å². The highest BCUT2D eigenvalue weighted by Crippen LogP contribution is 2.26. The highest BCUT2D eigenvalue weighted by molar-refractivity contribution is 7.83. The van der Waals surface area contributed by atoms with Gasteiger partial charge in [0, 0.05) is 20.7 Å². The predicted octanol–water partition coefficient (Wildman–Crippen LogP) is 3.51. The zero-order chi connectivity index (χ0) is 10.3. The lowest BCUT2D eigenvalue weighted by Gasteiger charge is -2.01. The van der Waals surface area contributed by atoms with E-state index in [1.807, 2.05) is 0 Å². The van der Waals surface area contributed by atoms with Crippen LogP contribution in [0, 0.1) is 6.92 Å². The van der Waals surface area contributed by atoms with E-state index in [1.54, 1.807) is 25.1 Å². The van der Waals surface area contributed by atoms with Gasteiger partial charge in [-0.25, -0.2) is 0 Å². The molecule has 0 amide bonds. The Morgan fingerprint density at radius 3 is 2.86 bits per heavy atom. The minimum Gasteiger partial charge on any atom is -0.289 e. The van der Waals surface area contributed by atoms with Crippen LogP contribution in [-0.2, 0) is 0 Å². The van der Waals surface area contributed by atoms with Gasteiger partial charge in [0.05, 0.1) is 4.21 Å². The molecule has 1 aromatic heterocycles. The van der Waals surface area contributed by atoms with Gasteiger partial charge in [0.25, 0.3) is 0 Å². The van der Waals surface area contributed by atoms with E-state index in [0.29, 0.717) is 10.6 Å². The molecule has 0 saturated carbocycles. The van der Waals surface area contributed by atoms with Gasteiger partial charge in [-0.15, -0.1) is 24.0 Å². The Morgan fingerprint density at radius 1 is 1.43 bits per heavy atom. The van der Waals surface area contributed by atoms with Crippen LogP contribution in [0.1, 0.15) is 5.56 Å². The maximum Gasteiger partial charge on any atom is 0.192 e. The molecule has 0 aliphatic heterocycles. The van der Waals surface area contributed by atoms with Crippen LogP contribution in [-0.4, -0.2) is 0 Å². The second-order valence-electron chi connectivity index (χ2n) is 3.00. The van der Waals surface area contributed by atoms with Crippen molar-refractivity contribution in [2.45, 2.75) is 11.1 Å². The summed E-state index contributed by atoms with van der Waals surface area (Å²) in [7, 11) is 0. The normalized spacial score (nSPS) is 10.8. The summed E-state index contributed by atoms with van der Waals surface area (Å²) in [5, 5.41) is 1.36. The first-order chi connectivity index (χ1) is 6.59. The minimum absolute atomic E-state index is 0.0421. The molecule has 0 radical (unpaired) electrons. The van der Waals surface area contributed by atoms with Crippen molar-refractivity contribution in [3.63, 3.8) is 0 Å². The van der Waals surface area contributed by atoms with E-state index in [1.165, 1.54) is 11.3 Å². The van der Waals surface area contributed by atoms with Crippen LogP contribution in [0.15, 0.2) is 27.2 Å². The molecule has 72 valence electrons. The maximum absolute atomic E-state index is 11.8. The maximum atomic E-state index is 11.8. The van der Waals surface area contributed by atoms with Crippen molar-refractivity contribution < 1.29 is 0 Å². The summed E-state index contributed by atoms with van der Waals surface area (Å²) >= 11 is 11.6. The Labute approximate surface area is 95.7 Å². The molecule has 0 N–H and O–H groups in total. The van der Waals surface area contributed by atoms with Crippen molar-refractivity contribution in [1.29, 1.82) is 0 Å². The van der Waals surface area contributed by atoms with Crippen LogP contribution in [0.3, 0.4) is 0 Å². The predicted molar refractivity (Wildman–Crippen MR) is 65.1 cm³/mol. The lowest BCUT2D eigenvalue weighted by Crippen LogP contribution is -2.04. The molecule has 2 aromatic rings. The topological polar surface area (TPSA) is 17.1 Å². The van der Waals surface area contributed by atoms with Gasteiger partial charge < -0.3 is 0 Å². The molecule has 0 fully saturated rings. The molecule has 0 atom stereocenters. The zero-order valence-electron chi connectivity index (χ0n) is 7.37. The first-order valence-electron chi connectivity index (χ1n) is 4.01. The number of rotatable bonds is 0. The summed E-state index contributed by atoms with van der Waals surface area (Å²) in [6, 6.07) is 5.29. The Balaban J connectivity index is 2.98. The molecule has 1 aromatic carbocycles. The van der Waals surface area contributed by atoms with Gasteiger partial charge >= 0.3 is 0 Å². The lowest BCUT2D eigenvalue weighted by atomic mass is 10.2. The number of hydrogen-bond acceptors (Lipinski definition) is 3. The first-order valence-corrected chi connectivity index (χ1v) is 5.65.